The van der Waals surface area contributed by atoms with Crippen molar-refractivity contribution in [2.75, 3.05) is 13.7 Å². The van der Waals surface area contributed by atoms with Gasteiger partial charge in [0, 0.05) is 6.42 Å². The van der Waals surface area contributed by atoms with Gasteiger partial charge in [0.05, 0.1) is 19.3 Å². The first kappa shape index (κ1) is 24.1. The molecule has 0 unspecified atom stereocenters. The predicted octanol–water partition coefficient (Wildman–Crippen LogP) is 5.22. The summed E-state index contributed by atoms with van der Waals surface area (Å²) in [5, 5.41) is 11.7. The Hall–Kier alpha value is -1.05. The molecule has 4 saturated carbocycles. The first-order valence-corrected chi connectivity index (χ1v) is 13.1. The van der Waals surface area contributed by atoms with Crippen LogP contribution in [-0.4, -0.2) is 37.0 Å². The standard InChI is InChI=1S/C28H44O4/c1-6-15-32-20-13-14-27(3)19(16-20)8-9-21-23-11-10-22(18(2)7-12-26(30)31-5)28(23,4)25(29)17-24(21)27/h1,18-25,29H,7-17H2,2-5H3/t18-,19-,20-,21+,22-,23+,24+,25+,27+,28-/m1/s1. The molecule has 0 aromatic carbocycles. The molecule has 4 rings (SSSR count). The summed E-state index contributed by atoms with van der Waals surface area (Å²) in [6.45, 7) is 7.61. The van der Waals surface area contributed by atoms with E-state index < -0.39 is 0 Å². The van der Waals surface area contributed by atoms with Gasteiger partial charge in [-0.25, -0.2) is 0 Å². The number of ether oxygens (including phenoxy) is 2. The van der Waals surface area contributed by atoms with Crippen LogP contribution in [0.1, 0.15) is 85.0 Å². The third-order valence-electron chi connectivity index (χ3n) is 10.9. The zero-order chi connectivity index (χ0) is 23.1. The Morgan fingerprint density at radius 3 is 2.66 bits per heavy atom. The molecule has 4 aliphatic carbocycles. The fourth-order valence-electron chi connectivity index (χ4n) is 9.11. The molecule has 180 valence electrons. The number of aliphatic hydroxyl groups is 1. The molecule has 0 aromatic rings. The van der Waals surface area contributed by atoms with Crippen molar-refractivity contribution in [2.24, 2.45) is 46.3 Å². The Balaban J connectivity index is 1.49. The molecule has 0 spiro atoms. The van der Waals surface area contributed by atoms with E-state index in [0.29, 0.717) is 54.1 Å². The van der Waals surface area contributed by atoms with E-state index in [-0.39, 0.29) is 17.5 Å². The van der Waals surface area contributed by atoms with Crippen LogP contribution in [0, 0.1) is 58.7 Å². The number of hydrogen-bond donors (Lipinski definition) is 1. The maximum atomic E-state index is 11.7. The maximum absolute atomic E-state index is 11.7. The third kappa shape index (κ3) is 3.92. The maximum Gasteiger partial charge on any atom is 0.305 e. The second-order valence-corrected chi connectivity index (χ2v) is 12.0. The van der Waals surface area contributed by atoms with Gasteiger partial charge in [-0.15, -0.1) is 6.42 Å². The van der Waals surface area contributed by atoms with E-state index >= 15 is 0 Å². The molecule has 0 bridgehead atoms. The molecule has 0 saturated heterocycles. The van der Waals surface area contributed by atoms with Crippen molar-refractivity contribution >= 4 is 5.97 Å². The number of esters is 1. The Morgan fingerprint density at radius 2 is 1.94 bits per heavy atom. The lowest BCUT2D eigenvalue weighted by Gasteiger charge is -2.62. The van der Waals surface area contributed by atoms with Crippen LogP contribution < -0.4 is 0 Å². The van der Waals surface area contributed by atoms with Gasteiger partial charge in [0.2, 0.25) is 0 Å². The van der Waals surface area contributed by atoms with Crippen molar-refractivity contribution in [1.29, 1.82) is 0 Å². The Bertz CT molecular complexity index is 727. The molecule has 0 amide bonds. The molecule has 4 nitrogen and oxygen atoms in total. The largest absolute Gasteiger partial charge is 0.469 e. The highest BCUT2D eigenvalue weighted by atomic mass is 16.5. The number of fused-ring (bicyclic) bond motifs is 5. The van der Waals surface area contributed by atoms with E-state index in [0.717, 1.165) is 31.6 Å². The fourth-order valence-corrected chi connectivity index (χ4v) is 9.11. The number of carbonyl (C=O) groups is 1. The molecule has 32 heavy (non-hydrogen) atoms. The normalized spacial score (nSPS) is 46.3. The number of rotatable bonds is 6. The van der Waals surface area contributed by atoms with E-state index in [1.54, 1.807) is 0 Å². The molecule has 0 radical (unpaired) electrons. The molecule has 4 fully saturated rings. The van der Waals surface area contributed by atoms with Crippen LogP contribution >= 0.6 is 0 Å². The first-order chi connectivity index (χ1) is 15.3. The lowest BCUT2D eigenvalue weighted by atomic mass is 9.43. The second-order valence-electron chi connectivity index (χ2n) is 12.0. The van der Waals surface area contributed by atoms with Crippen molar-refractivity contribution in [1.82, 2.24) is 0 Å². The number of terminal acetylenes is 1. The van der Waals surface area contributed by atoms with Crippen molar-refractivity contribution in [3.05, 3.63) is 0 Å². The van der Waals surface area contributed by atoms with E-state index in [2.05, 4.69) is 26.7 Å². The van der Waals surface area contributed by atoms with Crippen molar-refractivity contribution in [2.45, 2.75) is 97.2 Å². The van der Waals surface area contributed by atoms with Crippen LogP contribution in [0.3, 0.4) is 0 Å². The molecule has 0 heterocycles. The number of methoxy groups -OCH3 is 1. The quantitative estimate of drug-likeness (QED) is 0.451. The highest BCUT2D eigenvalue weighted by Gasteiger charge is 2.63. The summed E-state index contributed by atoms with van der Waals surface area (Å²) < 4.78 is 10.8. The zero-order valence-electron chi connectivity index (χ0n) is 20.6. The van der Waals surface area contributed by atoms with E-state index in [1.807, 2.05) is 0 Å². The molecule has 0 aromatic heterocycles. The highest BCUT2D eigenvalue weighted by Crippen LogP contribution is 2.68. The van der Waals surface area contributed by atoms with Gasteiger partial charge in [-0.1, -0.05) is 26.7 Å². The Labute approximate surface area is 195 Å². The smallest absolute Gasteiger partial charge is 0.305 e. The highest BCUT2D eigenvalue weighted by molar-refractivity contribution is 5.69. The summed E-state index contributed by atoms with van der Waals surface area (Å²) in [6, 6.07) is 0. The predicted molar refractivity (Wildman–Crippen MR) is 126 cm³/mol. The van der Waals surface area contributed by atoms with Crippen LogP contribution in [0.4, 0.5) is 0 Å². The van der Waals surface area contributed by atoms with E-state index in [4.69, 9.17) is 15.9 Å². The zero-order valence-corrected chi connectivity index (χ0v) is 20.6. The van der Waals surface area contributed by atoms with E-state index in [1.165, 1.54) is 39.2 Å². The topological polar surface area (TPSA) is 55.8 Å². The molecule has 1 N–H and O–H groups in total. The lowest BCUT2D eigenvalue weighted by Crippen LogP contribution is -2.58. The fraction of sp³-hybridized carbons (Fsp3) is 0.893. The molecule has 4 heteroatoms. The molecule has 10 atom stereocenters. The summed E-state index contributed by atoms with van der Waals surface area (Å²) in [7, 11) is 1.47. The van der Waals surface area contributed by atoms with Gasteiger partial charge in [0.15, 0.2) is 0 Å². The van der Waals surface area contributed by atoms with Crippen LogP contribution in [0.15, 0.2) is 0 Å². The third-order valence-corrected chi connectivity index (χ3v) is 10.9. The molecule has 4 aliphatic rings. The van der Waals surface area contributed by atoms with Gasteiger partial charge in [-0.3, -0.25) is 4.79 Å². The van der Waals surface area contributed by atoms with Gasteiger partial charge in [0.25, 0.3) is 0 Å². The number of carbonyl (C=O) groups excluding carboxylic acids is 1. The first-order valence-electron chi connectivity index (χ1n) is 13.1. The van der Waals surface area contributed by atoms with Crippen LogP contribution in [0.25, 0.3) is 0 Å². The number of aliphatic hydroxyl groups excluding tert-OH is 1. The minimum absolute atomic E-state index is 0.0208. The Morgan fingerprint density at radius 1 is 1.16 bits per heavy atom. The van der Waals surface area contributed by atoms with Crippen molar-refractivity contribution < 1.29 is 19.4 Å². The van der Waals surface area contributed by atoms with Crippen LogP contribution in [0.5, 0.6) is 0 Å². The van der Waals surface area contributed by atoms with Gasteiger partial charge >= 0.3 is 5.97 Å². The average Bonchev–Trinajstić information content (AvgIpc) is 3.15. The summed E-state index contributed by atoms with van der Waals surface area (Å²) in [6.07, 6.45) is 16.2. The van der Waals surface area contributed by atoms with E-state index in [9.17, 15) is 9.90 Å². The van der Waals surface area contributed by atoms with Crippen LogP contribution in [0.2, 0.25) is 0 Å². The summed E-state index contributed by atoms with van der Waals surface area (Å²) in [5.41, 5.74) is 0.294. The molecular weight excluding hydrogens is 400 g/mol. The summed E-state index contributed by atoms with van der Waals surface area (Å²) >= 11 is 0. The monoisotopic (exact) mass is 444 g/mol. The second kappa shape index (κ2) is 9.30. The SMILES string of the molecule is C#CCO[C@@H]1CC[C@@]2(C)[C@H](CC[C@@H]3[C@@H]2C[C@H](O)[C@]2(C)[C@@H]([C@H](C)CCC(=O)OC)CC[C@@H]32)C1. The Kier molecular flexibility index (Phi) is 7.00. The lowest BCUT2D eigenvalue weighted by molar-refractivity contribution is -0.177. The molecule has 0 aliphatic heterocycles. The summed E-state index contributed by atoms with van der Waals surface area (Å²) in [5.74, 6) is 6.08. The van der Waals surface area contributed by atoms with Gasteiger partial charge < -0.3 is 14.6 Å². The average molecular weight is 445 g/mol. The molecular formula is C28H44O4. The minimum atomic E-state index is -0.243. The van der Waals surface area contributed by atoms with Gasteiger partial charge in [-0.05, 0) is 104 Å². The summed E-state index contributed by atoms with van der Waals surface area (Å²) in [4.78, 5) is 11.7. The van der Waals surface area contributed by atoms with Gasteiger partial charge in [0.1, 0.15) is 6.61 Å². The van der Waals surface area contributed by atoms with Crippen LogP contribution in [-0.2, 0) is 14.3 Å². The minimum Gasteiger partial charge on any atom is -0.469 e. The number of hydrogen-bond acceptors (Lipinski definition) is 4. The van der Waals surface area contributed by atoms with Crippen molar-refractivity contribution in [3.63, 3.8) is 0 Å². The van der Waals surface area contributed by atoms with Crippen molar-refractivity contribution in [3.8, 4) is 12.3 Å². The van der Waals surface area contributed by atoms with Gasteiger partial charge in [-0.2, -0.15) is 0 Å².